The maximum Gasteiger partial charge on any atom is 0.259 e. The SMILES string of the molecule is CN1CCN(C(=O)CCCCCOc2ccccc2N(C)C(=O)c2ccc(NC(=O)c3ccccc3OCCCN)cc2)CC1. The molecule has 0 saturated carbocycles. The van der Waals surface area contributed by atoms with Crippen LogP contribution in [0.4, 0.5) is 11.4 Å². The Hall–Kier alpha value is -4.41. The van der Waals surface area contributed by atoms with E-state index in [4.69, 9.17) is 15.2 Å². The van der Waals surface area contributed by atoms with E-state index >= 15 is 0 Å². The highest BCUT2D eigenvalue weighted by atomic mass is 16.5. The Morgan fingerprint density at radius 1 is 0.800 bits per heavy atom. The van der Waals surface area contributed by atoms with Crippen molar-refractivity contribution in [1.82, 2.24) is 9.80 Å². The van der Waals surface area contributed by atoms with Crippen molar-refractivity contribution in [2.45, 2.75) is 32.1 Å². The average molecular weight is 616 g/mol. The number of likely N-dealkylation sites (N-methyl/N-ethyl adjacent to an activating group) is 1. The van der Waals surface area contributed by atoms with Crippen LogP contribution in [-0.2, 0) is 4.79 Å². The molecule has 0 bridgehead atoms. The quantitative estimate of drug-likeness (QED) is 0.239. The van der Waals surface area contributed by atoms with Gasteiger partial charge < -0.3 is 35.2 Å². The summed E-state index contributed by atoms with van der Waals surface area (Å²) in [7, 11) is 3.80. The van der Waals surface area contributed by atoms with Gasteiger partial charge in [-0.1, -0.05) is 24.3 Å². The number of unbranched alkanes of at least 4 members (excludes halogenated alkanes) is 2. The van der Waals surface area contributed by atoms with Crippen molar-refractivity contribution in [1.29, 1.82) is 0 Å². The molecule has 1 heterocycles. The Labute approximate surface area is 266 Å². The van der Waals surface area contributed by atoms with Crippen LogP contribution in [0.1, 0.15) is 52.8 Å². The molecule has 0 aliphatic carbocycles. The number of amides is 3. The monoisotopic (exact) mass is 615 g/mol. The second-order valence-electron chi connectivity index (χ2n) is 11.2. The van der Waals surface area contributed by atoms with Crippen molar-refractivity contribution in [2.24, 2.45) is 5.73 Å². The molecule has 0 aromatic heterocycles. The number of anilines is 2. The van der Waals surface area contributed by atoms with E-state index in [1.54, 1.807) is 54.4 Å². The lowest BCUT2D eigenvalue weighted by Gasteiger charge is -2.32. The number of piperazine rings is 1. The van der Waals surface area contributed by atoms with E-state index < -0.39 is 0 Å². The van der Waals surface area contributed by atoms with Gasteiger partial charge in [0, 0.05) is 50.9 Å². The molecule has 4 rings (SSSR count). The van der Waals surface area contributed by atoms with Crippen LogP contribution in [0.2, 0.25) is 0 Å². The maximum atomic E-state index is 13.4. The van der Waals surface area contributed by atoms with Crippen molar-refractivity contribution in [2.75, 3.05) is 70.2 Å². The summed E-state index contributed by atoms with van der Waals surface area (Å²) in [5, 5.41) is 2.88. The molecule has 1 aliphatic rings. The van der Waals surface area contributed by atoms with Gasteiger partial charge in [0.05, 0.1) is 24.5 Å². The highest BCUT2D eigenvalue weighted by molar-refractivity contribution is 6.08. The number of rotatable bonds is 15. The Balaban J connectivity index is 1.26. The number of carbonyl (C=O) groups excluding carboxylic acids is 3. The summed E-state index contributed by atoms with van der Waals surface area (Å²) >= 11 is 0. The Kier molecular flexibility index (Phi) is 12.8. The summed E-state index contributed by atoms with van der Waals surface area (Å²) in [5.41, 5.74) is 7.66. The lowest BCUT2D eigenvalue weighted by molar-refractivity contribution is -0.132. The molecule has 0 atom stereocenters. The van der Waals surface area contributed by atoms with Crippen molar-refractivity contribution in [3.05, 3.63) is 83.9 Å². The molecule has 0 unspecified atom stereocenters. The van der Waals surface area contributed by atoms with Gasteiger partial charge in [0.25, 0.3) is 11.8 Å². The largest absolute Gasteiger partial charge is 0.493 e. The summed E-state index contributed by atoms with van der Waals surface area (Å²) in [6.45, 7) is 4.92. The minimum atomic E-state index is -0.303. The Morgan fingerprint density at radius 2 is 1.44 bits per heavy atom. The zero-order valence-electron chi connectivity index (χ0n) is 26.4. The highest BCUT2D eigenvalue weighted by Gasteiger charge is 2.20. The molecule has 3 aromatic rings. The van der Waals surface area contributed by atoms with Gasteiger partial charge in [-0.15, -0.1) is 0 Å². The number of nitrogens with one attached hydrogen (secondary N) is 1. The lowest BCUT2D eigenvalue weighted by atomic mass is 10.1. The highest BCUT2D eigenvalue weighted by Crippen LogP contribution is 2.29. The average Bonchev–Trinajstić information content (AvgIpc) is 3.06. The zero-order chi connectivity index (χ0) is 32.0. The van der Waals surface area contributed by atoms with Crippen LogP contribution in [-0.4, -0.2) is 87.6 Å². The fourth-order valence-corrected chi connectivity index (χ4v) is 5.05. The first kappa shape index (κ1) is 33.5. The molecule has 1 aliphatic heterocycles. The number of nitrogens with two attached hydrogens (primary N) is 1. The third-order valence-corrected chi connectivity index (χ3v) is 7.81. The number of nitrogens with zero attached hydrogens (tertiary/aromatic N) is 3. The normalized spacial score (nSPS) is 13.3. The van der Waals surface area contributed by atoms with Crippen LogP contribution < -0.4 is 25.4 Å². The minimum absolute atomic E-state index is 0.204. The summed E-state index contributed by atoms with van der Waals surface area (Å²) in [4.78, 5) is 44.5. The summed E-state index contributed by atoms with van der Waals surface area (Å²) in [6, 6.07) is 21.3. The molecule has 45 heavy (non-hydrogen) atoms. The lowest BCUT2D eigenvalue weighted by Crippen LogP contribution is -2.47. The van der Waals surface area contributed by atoms with E-state index in [1.165, 1.54) is 0 Å². The number of benzene rings is 3. The first-order chi connectivity index (χ1) is 21.9. The molecule has 1 saturated heterocycles. The molecule has 0 radical (unpaired) electrons. The van der Waals surface area contributed by atoms with Crippen molar-refractivity contribution < 1.29 is 23.9 Å². The van der Waals surface area contributed by atoms with Crippen LogP contribution in [0.3, 0.4) is 0 Å². The van der Waals surface area contributed by atoms with Crippen LogP contribution in [0.15, 0.2) is 72.8 Å². The predicted molar refractivity (Wildman–Crippen MR) is 177 cm³/mol. The van der Waals surface area contributed by atoms with Gasteiger partial charge in [0.2, 0.25) is 5.91 Å². The van der Waals surface area contributed by atoms with Gasteiger partial charge in [0.1, 0.15) is 11.5 Å². The minimum Gasteiger partial charge on any atom is -0.493 e. The third-order valence-electron chi connectivity index (χ3n) is 7.81. The topological polar surface area (TPSA) is 117 Å². The van der Waals surface area contributed by atoms with Crippen LogP contribution in [0.25, 0.3) is 0 Å². The van der Waals surface area contributed by atoms with E-state index in [0.29, 0.717) is 66.6 Å². The fourth-order valence-electron chi connectivity index (χ4n) is 5.05. The smallest absolute Gasteiger partial charge is 0.259 e. The number of hydrogen-bond acceptors (Lipinski definition) is 7. The van der Waals surface area contributed by atoms with Gasteiger partial charge in [-0.25, -0.2) is 0 Å². The predicted octanol–water partition coefficient (Wildman–Crippen LogP) is 4.66. The Morgan fingerprint density at radius 3 is 2.18 bits per heavy atom. The number of hydrogen-bond donors (Lipinski definition) is 2. The third kappa shape index (κ3) is 9.79. The molecular weight excluding hydrogens is 570 g/mol. The summed E-state index contributed by atoms with van der Waals surface area (Å²) in [6.07, 6.45) is 3.81. The van der Waals surface area contributed by atoms with Crippen molar-refractivity contribution >= 4 is 29.1 Å². The molecule has 10 nitrogen and oxygen atoms in total. The van der Waals surface area contributed by atoms with Gasteiger partial charge in [0.15, 0.2) is 0 Å². The van der Waals surface area contributed by atoms with Gasteiger partial charge in [-0.05, 0) is 87.8 Å². The molecule has 3 amide bonds. The first-order valence-corrected chi connectivity index (χ1v) is 15.7. The molecular formula is C35H45N5O5. The Bertz CT molecular complexity index is 1410. The molecule has 3 aromatic carbocycles. The zero-order valence-corrected chi connectivity index (χ0v) is 26.4. The van der Waals surface area contributed by atoms with Crippen molar-refractivity contribution in [3.63, 3.8) is 0 Å². The number of carbonyl (C=O) groups is 3. The second kappa shape index (κ2) is 17.2. The summed E-state index contributed by atoms with van der Waals surface area (Å²) in [5.74, 6) is 0.846. The van der Waals surface area contributed by atoms with Gasteiger partial charge in [-0.2, -0.15) is 0 Å². The van der Waals surface area contributed by atoms with Gasteiger partial charge in [-0.3, -0.25) is 14.4 Å². The van der Waals surface area contributed by atoms with Crippen LogP contribution in [0.5, 0.6) is 11.5 Å². The second-order valence-corrected chi connectivity index (χ2v) is 11.2. The molecule has 0 spiro atoms. The maximum absolute atomic E-state index is 13.4. The van der Waals surface area contributed by atoms with Crippen molar-refractivity contribution in [3.8, 4) is 11.5 Å². The summed E-state index contributed by atoms with van der Waals surface area (Å²) < 4.78 is 11.8. The fraction of sp³-hybridized carbons (Fsp3) is 0.400. The molecule has 10 heteroatoms. The van der Waals surface area contributed by atoms with E-state index in [2.05, 4.69) is 17.3 Å². The van der Waals surface area contributed by atoms with Crippen LogP contribution >= 0.6 is 0 Å². The van der Waals surface area contributed by atoms with E-state index in [1.807, 2.05) is 35.2 Å². The number of ether oxygens (including phenoxy) is 2. The molecule has 240 valence electrons. The molecule has 3 N–H and O–H groups in total. The van der Waals surface area contributed by atoms with Gasteiger partial charge >= 0.3 is 0 Å². The standard InChI is InChI=1S/C35H45N5O5/c1-38-21-23-40(24-22-38)33(41)15-4-3-9-25-45-32-14-8-6-12-30(32)39(2)35(43)27-16-18-28(19-17-27)37-34(42)29-11-5-7-13-31(29)44-26-10-20-36/h5-8,11-14,16-19H,3-4,9-10,15,20-26,36H2,1-2H3,(H,37,42). The van der Waals surface area contributed by atoms with E-state index in [-0.39, 0.29) is 17.7 Å². The molecule has 1 fully saturated rings. The first-order valence-electron chi connectivity index (χ1n) is 15.7. The van der Waals surface area contributed by atoms with E-state index in [9.17, 15) is 14.4 Å². The van der Waals surface area contributed by atoms with E-state index in [0.717, 1.165) is 45.4 Å². The number of para-hydroxylation sites is 3. The van der Waals surface area contributed by atoms with Crippen LogP contribution in [0, 0.1) is 0 Å².